The summed E-state index contributed by atoms with van der Waals surface area (Å²) in [6, 6.07) is 13.6. The maximum Gasteiger partial charge on any atom is 0.300 e. The van der Waals surface area contributed by atoms with Crippen molar-refractivity contribution in [1.82, 2.24) is 0 Å². The Morgan fingerprint density at radius 1 is 1.06 bits per heavy atom. The molecule has 4 rings (SSSR count). The maximum atomic E-state index is 14.3. The first-order valence-corrected chi connectivity index (χ1v) is 11.2. The number of nitrogens with zero attached hydrogens (tertiary/aromatic N) is 2. The van der Waals surface area contributed by atoms with Crippen LogP contribution in [0, 0.1) is 5.82 Å². The van der Waals surface area contributed by atoms with Crippen LogP contribution in [0.2, 0.25) is 0 Å². The first-order chi connectivity index (χ1) is 15.4. The number of methoxy groups -OCH3 is 1. The number of anilines is 2. The molecule has 6 nitrogen and oxygen atoms in total. The number of carboxylic acids is 1. The van der Waals surface area contributed by atoms with Crippen molar-refractivity contribution < 1.29 is 23.8 Å². The lowest BCUT2D eigenvalue weighted by molar-refractivity contribution is -0.134. The number of carbonyl (C=O) groups is 1. The molecule has 2 aliphatic heterocycles. The quantitative estimate of drug-likeness (QED) is 0.703. The van der Waals surface area contributed by atoms with Gasteiger partial charge < -0.3 is 24.4 Å². The summed E-state index contributed by atoms with van der Waals surface area (Å²) in [7, 11) is 1.61. The molecule has 2 atom stereocenters. The van der Waals surface area contributed by atoms with Crippen molar-refractivity contribution in [2.75, 3.05) is 36.5 Å². The molecule has 0 aliphatic carbocycles. The lowest BCUT2D eigenvalue weighted by Crippen LogP contribution is -2.44. The highest BCUT2D eigenvalue weighted by Gasteiger charge is 2.28. The molecule has 2 aromatic rings. The van der Waals surface area contributed by atoms with E-state index in [4.69, 9.17) is 19.4 Å². The molecule has 1 N–H and O–H groups in total. The van der Waals surface area contributed by atoms with Gasteiger partial charge in [0.2, 0.25) is 0 Å². The normalized spacial score (nSPS) is 20.4. The van der Waals surface area contributed by atoms with Crippen molar-refractivity contribution in [1.29, 1.82) is 0 Å². The van der Waals surface area contributed by atoms with Crippen LogP contribution in [-0.4, -0.2) is 50.0 Å². The van der Waals surface area contributed by atoms with Crippen LogP contribution >= 0.6 is 0 Å². The molecule has 174 valence electrons. The highest BCUT2D eigenvalue weighted by molar-refractivity contribution is 5.63. The minimum atomic E-state index is -0.833. The third kappa shape index (κ3) is 6.28. The zero-order valence-electron chi connectivity index (χ0n) is 19.1. The molecule has 2 unspecified atom stereocenters. The van der Waals surface area contributed by atoms with Gasteiger partial charge in [0, 0.05) is 57.2 Å². The molecular weight excluding hydrogens is 411 g/mol. The molecule has 0 bridgehead atoms. The van der Waals surface area contributed by atoms with Gasteiger partial charge in [0.1, 0.15) is 23.4 Å². The lowest BCUT2D eigenvalue weighted by atomic mass is 9.99. The second-order valence-electron chi connectivity index (χ2n) is 8.33. The summed E-state index contributed by atoms with van der Waals surface area (Å²) in [5.41, 5.74) is 1.89. The third-order valence-corrected chi connectivity index (χ3v) is 5.90. The first-order valence-electron chi connectivity index (χ1n) is 11.2. The number of carboxylic acid groups (broad SMARTS) is 1. The van der Waals surface area contributed by atoms with Crippen LogP contribution in [0.5, 0.6) is 11.5 Å². The summed E-state index contributed by atoms with van der Waals surface area (Å²) < 4.78 is 25.8. The number of benzene rings is 2. The van der Waals surface area contributed by atoms with Crippen LogP contribution in [-0.2, 0) is 4.79 Å². The number of halogens is 1. The number of rotatable bonds is 5. The van der Waals surface area contributed by atoms with Gasteiger partial charge in [-0.2, -0.15) is 0 Å². The molecule has 2 aliphatic rings. The molecule has 2 aromatic carbocycles. The number of hydrogen-bond donors (Lipinski definition) is 1. The molecule has 2 saturated heterocycles. The number of piperidine rings is 1. The second-order valence-corrected chi connectivity index (χ2v) is 8.33. The van der Waals surface area contributed by atoms with E-state index in [9.17, 15) is 4.39 Å². The van der Waals surface area contributed by atoms with Crippen molar-refractivity contribution in [3.63, 3.8) is 0 Å². The van der Waals surface area contributed by atoms with Crippen LogP contribution in [0.15, 0.2) is 42.5 Å². The van der Waals surface area contributed by atoms with Gasteiger partial charge in [-0.1, -0.05) is 0 Å². The van der Waals surface area contributed by atoms with Crippen LogP contribution < -0.4 is 19.3 Å². The van der Waals surface area contributed by atoms with Crippen LogP contribution in [0.25, 0.3) is 0 Å². The highest BCUT2D eigenvalue weighted by atomic mass is 19.1. The Balaban J connectivity index is 0.000000668. The third-order valence-electron chi connectivity index (χ3n) is 5.90. The molecule has 0 amide bonds. The highest BCUT2D eigenvalue weighted by Crippen LogP contribution is 2.32. The fraction of sp³-hybridized carbons (Fsp3) is 0.480. The summed E-state index contributed by atoms with van der Waals surface area (Å²) in [5, 5.41) is 7.42. The van der Waals surface area contributed by atoms with Gasteiger partial charge in [-0.15, -0.1) is 0 Å². The van der Waals surface area contributed by atoms with Crippen molar-refractivity contribution in [3.05, 3.63) is 48.3 Å². The largest absolute Gasteiger partial charge is 0.497 e. The molecule has 32 heavy (non-hydrogen) atoms. The van der Waals surface area contributed by atoms with E-state index in [1.165, 1.54) is 24.6 Å². The van der Waals surface area contributed by atoms with Crippen molar-refractivity contribution in [2.45, 2.75) is 51.7 Å². The molecule has 0 spiro atoms. The zero-order valence-corrected chi connectivity index (χ0v) is 19.1. The summed E-state index contributed by atoms with van der Waals surface area (Å²) >= 11 is 0. The Labute approximate surface area is 189 Å². The molecular formula is C25H33FN2O4. The minimum Gasteiger partial charge on any atom is -0.497 e. The van der Waals surface area contributed by atoms with Crippen molar-refractivity contribution in [2.24, 2.45) is 0 Å². The van der Waals surface area contributed by atoms with Crippen molar-refractivity contribution in [3.8, 4) is 11.5 Å². The topological polar surface area (TPSA) is 62.2 Å². The smallest absolute Gasteiger partial charge is 0.300 e. The van der Waals surface area contributed by atoms with E-state index in [-0.39, 0.29) is 18.0 Å². The van der Waals surface area contributed by atoms with Gasteiger partial charge in [-0.3, -0.25) is 4.79 Å². The van der Waals surface area contributed by atoms with Gasteiger partial charge in [0.25, 0.3) is 5.97 Å². The van der Waals surface area contributed by atoms with E-state index in [1.54, 1.807) is 19.2 Å². The Morgan fingerprint density at radius 2 is 1.69 bits per heavy atom. The Hall–Kier alpha value is -2.96. The summed E-state index contributed by atoms with van der Waals surface area (Å²) in [5.74, 6) is 0.561. The predicted molar refractivity (Wildman–Crippen MR) is 125 cm³/mol. The lowest BCUT2D eigenvalue weighted by Gasteiger charge is -2.39. The monoisotopic (exact) mass is 444 g/mol. The first kappa shape index (κ1) is 23.7. The van der Waals surface area contributed by atoms with E-state index in [2.05, 4.69) is 41.0 Å². The fourth-order valence-electron chi connectivity index (χ4n) is 4.34. The van der Waals surface area contributed by atoms with Crippen LogP contribution in [0.4, 0.5) is 15.8 Å². The van der Waals surface area contributed by atoms with E-state index in [0.29, 0.717) is 11.4 Å². The van der Waals surface area contributed by atoms with Crippen LogP contribution in [0.3, 0.4) is 0 Å². The number of aliphatic carboxylic acids is 1. The predicted octanol–water partition coefficient (Wildman–Crippen LogP) is 4.96. The Kier molecular flexibility index (Phi) is 8.20. The Bertz CT molecular complexity index is 880. The summed E-state index contributed by atoms with van der Waals surface area (Å²) in [4.78, 5) is 13.5. The van der Waals surface area contributed by atoms with E-state index in [0.717, 1.165) is 45.1 Å². The van der Waals surface area contributed by atoms with Crippen molar-refractivity contribution >= 4 is 17.3 Å². The average molecular weight is 445 g/mol. The van der Waals surface area contributed by atoms with Gasteiger partial charge in [-0.25, -0.2) is 4.39 Å². The molecule has 0 aromatic heterocycles. The Morgan fingerprint density at radius 3 is 2.28 bits per heavy atom. The second kappa shape index (κ2) is 11.1. The summed E-state index contributed by atoms with van der Waals surface area (Å²) in [6.45, 7) is 6.28. The molecule has 2 heterocycles. The number of hydrogen-bond acceptors (Lipinski definition) is 5. The minimum absolute atomic E-state index is 0.151. The molecule has 7 heteroatoms. The van der Waals surface area contributed by atoms with Gasteiger partial charge >= 0.3 is 0 Å². The van der Waals surface area contributed by atoms with Crippen LogP contribution in [0.1, 0.15) is 39.5 Å². The van der Waals surface area contributed by atoms with E-state index >= 15 is 0 Å². The molecule has 0 radical (unpaired) electrons. The average Bonchev–Trinajstić information content (AvgIpc) is 3.30. The van der Waals surface area contributed by atoms with E-state index in [1.807, 2.05) is 0 Å². The van der Waals surface area contributed by atoms with Gasteiger partial charge in [0.15, 0.2) is 0 Å². The standard InChI is InChI=1S/C23H29FN2O2.C2H4O2/c1-17-15-21(11-14-26(17)23-16-20(27-2)9-10-22(23)24)28-19-7-5-18(6-8-19)25-12-3-4-13-25;1-2(3)4/h5-10,16-17,21H,3-4,11-15H2,1-2H3;1H3,(H,3,4). The van der Waals surface area contributed by atoms with Gasteiger partial charge in [-0.05, 0) is 56.2 Å². The zero-order chi connectivity index (χ0) is 23.1. The van der Waals surface area contributed by atoms with E-state index < -0.39 is 5.97 Å². The SMILES string of the molecule is CC(=O)O.COc1ccc(F)c(N2CCC(Oc3ccc(N4CCCC4)cc3)CC2C)c1. The summed E-state index contributed by atoms with van der Waals surface area (Å²) in [6.07, 6.45) is 4.45. The fourth-order valence-corrected chi connectivity index (χ4v) is 4.34. The van der Waals surface area contributed by atoms with Gasteiger partial charge in [0.05, 0.1) is 12.8 Å². The molecule has 0 saturated carbocycles. The maximum absolute atomic E-state index is 14.3. The number of ether oxygens (including phenoxy) is 2. The molecule has 2 fully saturated rings.